The van der Waals surface area contributed by atoms with E-state index in [0.29, 0.717) is 13.1 Å². The van der Waals surface area contributed by atoms with E-state index in [-0.39, 0.29) is 40.0 Å². The Bertz CT molecular complexity index is 881. The van der Waals surface area contributed by atoms with E-state index >= 15 is 0 Å². The van der Waals surface area contributed by atoms with Crippen molar-refractivity contribution in [2.45, 2.75) is 55.9 Å². The second-order valence-electron chi connectivity index (χ2n) is 8.01. The van der Waals surface area contributed by atoms with Gasteiger partial charge in [-0.15, -0.1) is 0 Å². The number of carbonyl (C=O) groups excluding carboxylic acids is 2. The standard InChI is InChI=1S/C21H31N3O5S/c1-22-30(27,28)19-13-15(10-11-18(19)29-2)21(26)24-12-6-7-16(14-24)20(25)23-17-8-4-3-5-9-17/h10-11,13,16-17,22H,3-9,12,14H2,1-2H3,(H,23,25). The van der Waals surface area contributed by atoms with Crippen molar-refractivity contribution in [3.8, 4) is 5.75 Å². The molecule has 1 unspecified atom stereocenters. The Morgan fingerprint density at radius 1 is 1.10 bits per heavy atom. The number of ether oxygens (including phenoxy) is 1. The molecule has 1 heterocycles. The van der Waals surface area contributed by atoms with Crippen LogP contribution in [0.1, 0.15) is 55.3 Å². The van der Waals surface area contributed by atoms with E-state index in [1.807, 2.05) is 0 Å². The minimum Gasteiger partial charge on any atom is -0.495 e. The summed E-state index contributed by atoms with van der Waals surface area (Å²) in [6.07, 6.45) is 7.07. The Morgan fingerprint density at radius 2 is 1.83 bits per heavy atom. The van der Waals surface area contributed by atoms with E-state index < -0.39 is 10.0 Å². The lowest BCUT2D eigenvalue weighted by molar-refractivity contribution is -0.127. The first-order valence-electron chi connectivity index (χ1n) is 10.6. The van der Waals surface area contributed by atoms with E-state index in [1.54, 1.807) is 11.0 Å². The van der Waals surface area contributed by atoms with E-state index in [0.717, 1.165) is 38.5 Å². The average Bonchev–Trinajstić information content (AvgIpc) is 2.78. The van der Waals surface area contributed by atoms with Crippen LogP contribution in [0.3, 0.4) is 0 Å². The van der Waals surface area contributed by atoms with Crippen molar-refractivity contribution in [3.05, 3.63) is 23.8 Å². The Kier molecular flexibility index (Phi) is 7.36. The van der Waals surface area contributed by atoms with Crippen LogP contribution in [-0.4, -0.2) is 58.4 Å². The van der Waals surface area contributed by atoms with E-state index in [9.17, 15) is 18.0 Å². The molecule has 1 aliphatic carbocycles. The van der Waals surface area contributed by atoms with Gasteiger partial charge in [-0.1, -0.05) is 19.3 Å². The lowest BCUT2D eigenvalue weighted by Gasteiger charge is -2.33. The summed E-state index contributed by atoms with van der Waals surface area (Å²) in [5.74, 6) is -0.319. The molecule has 9 heteroatoms. The van der Waals surface area contributed by atoms with Gasteiger partial charge in [0.05, 0.1) is 13.0 Å². The number of sulfonamides is 1. The average molecular weight is 438 g/mol. The van der Waals surface area contributed by atoms with Gasteiger partial charge in [0.25, 0.3) is 5.91 Å². The first-order chi connectivity index (χ1) is 14.4. The van der Waals surface area contributed by atoms with E-state index in [2.05, 4.69) is 10.0 Å². The molecule has 30 heavy (non-hydrogen) atoms. The Hall–Kier alpha value is -2.13. The van der Waals surface area contributed by atoms with Crippen LogP contribution in [0, 0.1) is 5.92 Å². The molecule has 0 aromatic heterocycles. The Morgan fingerprint density at radius 3 is 2.50 bits per heavy atom. The van der Waals surface area contributed by atoms with Gasteiger partial charge in [-0.3, -0.25) is 9.59 Å². The number of carbonyl (C=O) groups is 2. The minimum absolute atomic E-state index is 0.0209. The molecule has 2 fully saturated rings. The lowest BCUT2D eigenvalue weighted by Crippen LogP contribution is -2.48. The number of methoxy groups -OCH3 is 1. The van der Waals surface area contributed by atoms with Crippen molar-refractivity contribution < 1.29 is 22.7 Å². The zero-order valence-corrected chi connectivity index (χ0v) is 18.5. The molecule has 0 radical (unpaired) electrons. The summed E-state index contributed by atoms with van der Waals surface area (Å²) in [6, 6.07) is 4.61. The Balaban J connectivity index is 1.71. The molecule has 1 aromatic carbocycles. The predicted octanol–water partition coefficient (Wildman–Crippen LogP) is 1.90. The predicted molar refractivity (Wildman–Crippen MR) is 113 cm³/mol. The summed E-state index contributed by atoms with van der Waals surface area (Å²) < 4.78 is 32.0. The smallest absolute Gasteiger partial charge is 0.253 e. The SMILES string of the molecule is CNS(=O)(=O)c1cc(C(=O)N2CCCC(C(=O)NC3CCCCC3)C2)ccc1OC. The summed E-state index contributed by atoms with van der Waals surface area (Å²) >= 11 is 0. The highest BCUT2D eigenvalue weighted by molar-refractivity contribution is 7.89. The van der Waals surface area contributed by atoms with Crippen molar-refractivity contribution >= 4 is 21.8 Å². The van der Waals surface area contributed by atoms with Gasteiger partial charge in [0.2, 0.25) is 15.9 Å². The van der Waals surface area contributed by atoms with Gasteiger partial charge >= 0.3 is 0 Å². The molecule has 1 atom stereocenters. The summed E-state index contributed by atoms with van der Waals surface area (Å²) in [4.78, 5) is 27.4. The number of hydrogen-bond donors (Lipinski definition) is 2. The molecule has 1 aromatic rings. The first-order valence-corrected chi connectivity index (χ1v) is 12.0. The van der Waals surface area contributed by atoms with Crippen molar-refractivity contribution in [2.24, 2.45) is 5.92 Å². The van der Waals surface area contributed by atoms with Gasteiger partial charge in [-0.25, -0.2) is 13.1 Å². The molecule has 1 aliphatic heterocycles. The van der Waals surface area contributed by atoms with Gasteiger partial charge in [0.15, 0.2) is 0 Å². The molecule has 3 rings (SSSR count). The summed E-state index contributed by atoms with van der Waals surface area (Å²) in [6.45, 7) is 0.893. The third-order valence-electron chi connectivity index (χ3n) is 6.00. The monoisotopic (exact) mass is 437 g/mol. The summed E-state index contributed by atoms with van der Waals surface area (Å²) in [5, 5.41) is 3.16. The third kappa shape index (κ3) is 5.13. The fourth-order valence-electron chi connectivity index (χ4n) is 4.25. The highest BCUT2D eigenvalue weighted by Gasteiger charge is 2.31. The molecule has 2 N–H and O–H groups in total. The van der Waals surface area contributed by atoms with Gasteiger partial charge < -0.3 is 15.0 Å². The zero-order chi connectivity index (χ0) is 21.7. The highest BCUT2D eigenvalue weighted by Crippen LogP contribution is 2.27. The molecule has 2 aliphatic rings. The topological polar surface area (TPSA) is 105 Å². The van der Waals surface area contributed by atoms with E-state index in [4.69, 9.17) is 4.74 Å². The number of rotatable bonds is 6. The number of nitrogens with zero attached hydrogens (tertiary/aromatic N) is 1. The molecule has 2 amide bonds. The maximum absolute atomic E-state index is 13.1. The fourth-order valence-corrected chi connectivity index (χ4v) is 5.17. The second kappa shape index (κ2) is 9.78. The number of benzene rings is 1. The largest absolute Gasteiger partial charge is 0.495 e. The third-order valence-corrected chi connectivity index (χ3v) is 7.44. The maximum atomic E-state index is 13.1. The highest BCUT2D eigenvalue weighted by atomic mass is 32.2. The molecular formula is C21H31N3O5S. The molecule has 1 saturated carbocycles. The molecule has 0 bridgehead atoms. The van der Waals surface area contributed by atoms with Crippen LogP contribution < -0.4 is 14.8 Å². The maximum Gasteiger partial charge on any atom is 0.253 e. The van der Waals surface area contributed by atoms with Crippen LogP contribution in [0.15, 0.2) is 23.1 Å². The molecule has 8 nitrogen and oxygen atoms in total. The number of nitrogens with one attached hydrogen (secondary N) is 2. The zero-order valence-electron chi connectivity index (χ0n) is 17.6. The molecule has 0 spiro atoms. The fraction of sp³-hybridized carbons (Fsp3) is 0.619. The Labute approximate surface area is 178 Å². The number of piperidine rings is 1. The van der Waals surface area contributed by atoms with Gasteiger partial charge in [0, 0.05) is 24.7 Å². The van der Waals surface area contributed by atoms with Crippen LogP contribution >= 0.6 is 0 Å². The van der Waals surface area contributed by atoms with Crippen LogP contribution in [-0.2, 0) is 14.8 Å². The number of likely N-dealkylation sites (tertiary alicyclic amines) is 1. The first kappa shape index (κ1) is 22.6. The van der Waals surface area contributed by atoms with Crippen molar-refractivity contribution in [1.82, 2.24) is 14.9 Å². The van der Waals surface area contributed by atoms with Crippen LogP contribution in [0.4, 0.5) is 0 Å². The van der Waals surface area contributed by atoms with Crippen molar-refractivity contribution in [3.63, 3.8) is 0 Å². The minimum atomic E-state index is -3.78. The quantitative estimate of drug-likeness (QED) is 0.707. The lowest BCUT2D eigenvalue weighted by atomic mass is 9.93. The number of hydrogen-bond acceptors (Lipinski definition) is 5. The summed E-state index contributed by atoms with van der Waals surface area (Å²) in [7, 11) is -1.09. The molecule has 1 saturated heterocycles. The normalized spacial score (nSPS) is 20.6. The van der Waals surface area contributed by atoms with Crippen molar-refractivity contribution in [2.75, 3.05) is 27.2 Å². The number of amides is 2. The van der Waals surface area contributed by atoms with Crippen LogP contribution in [0.2, 0.25) is 0 Å². The van der Waals surface area contributed by atoms with Gasteiger partial charge in [0.1, 0.15) is 10.6 Å². The van der Waals surface area contributed by atoms with Crippen LogP contribution in [0.25, 0.3) is 0 Å². The second-order valence-corrected chi connectivity index (χ2v) is 9.86. The van der Waals surface area contributed by atoms with Gasteiger partial charge in [-0.05, 0) is 50.9 Å². The summed E-state index contributed by atoms with van der Waals surface area (Å²) in [5.41, 5.74) is 0.262. The van der Waals surface area contributed by atoms with Crippen molar-refractivity contribution in [1.29, 1.82) is 0 Å². The van der Waals surface area contributed by atoms with Gasteiger partial charge in [-0.2, -0.15) is 0 Å². The van der Waals surface area contributed by atoms with Crippen LogP contribution in [0.5, 0.6) is 5.75 Å². The molecular weight excluding hydrogens is 406 g/mol. The molecule has 166 valence electrons. The van der Waals surface area contributed by atoms with E-state index in [1.165, 1.54) is 32.7 Å².